The first-order chi connectivity index (χ1) is 6.79. The van der Waals surface area contributed by atoms with Crippen LogP contribution in [0.2, 0.25) is 0 Å². The van der Waals surface area contributed by atoms with Crippen molar-refractivity contribution in [1.82, 2.24) is 4.90 Å². The van der Waals surface area contributed by atoms with E-state index in [1.54, 1.807) is 4.90 Å². The van der Waals surface area contributed by atoms with Crippen LogP contribution in [0.3, 0.4) is 0 Å². The van der Waals surface area contributed by atoms with Crippen molar-refractivity contribution >= 4 is 12.1 Å². The van der Waals surface area contributed by atoms with Gasteiger partial charge in [0.05, 0.1) is 0 Å². The molecule has 0 aliphatic rings. The number of amides is 1. The van der Waals surface area contributed by atoms with Crippen LogP contribution < -0.4 is 0 Å². The van der Waals surface area contributed by atoms with Crippen molar-refractivity contribution in [2.45, 2.75) is 39.7 Å². The molecule has 0 rings (SSSR count). The van der Waals surface area contributed by atoms with E-state index in [4.69, 9.17) is 5.53 Å². The normalized spacial score (nSPS) is 10.4. The first kappa shape index (κ1) is 13.6. The molecular weight excluding hydrogens is 190 g/mol. The quantitative estimate of drug-likeness (QED) is 0.302. The number of hydrogen-bond donors (Lipinski definition) is 0. The van der Waals surface area contributed by atoms with E-state index in [1.165, 1.54) is 0 Å². The largest absolute Gasteiger partial charge is 0.361 e. The van der Waals surface area contributed by atoms with Crippen LogP contribution in [0, 0.1) is 0 Å². The van der Waals surface area contributed by atoms with Crippen LogP contribution in [0.1, 0.15) is 34.1 Å². The molecule has 0 radical (unpaired) electrons. The summed E-state index contributed by atoms with van der Waals surface area (Å²) in [5.41, 5.74) is 9.07. The highest BCUT2D eigenvalue weighted by atomic mass is 16.2. The summed E-state index contributed by atoms with van der Waals surface area (Å²) in [6, 6.07) is 0. The fourth-order valence-electron chi connectivity index (χ4n) is 1.20. The van der Waals surface area contributed by atoms with Crippen molar-refractivity contribution in [3.05, 3.63) is 17.7 Å². The molecule has 0 aromatic rings. The Hall–Kier alpha value is -1.41. The van der Waals surface area contributed by atoms with E-state index in [0.29, 0.717) is 6.54 Å². The number of nitrogens with zero attached hydrogens (tertiary/aromatic N) is 3. The molecule has 0 aromatic heterocycles. The van der Waals surface area contributed by atoms with Crippen LogP contribution in [-0.2, 0) is 4.79 Å². The van der Waals surface area contributed by atoms with Gasteiger partial charge in [-0.05, 0) is 34.1 Å². The minimum atomic E-state index is -0.286. The molecule has 0 atom stereocenters. The second-order valence-corrected chi connectivity index (χ2v) is 4.61. The van der Waals surface area contributed by atoms with Gasteiger partial charge in [0.1, 0.15) is 0 Å². The van der Waals surface area contributed by atoms with Crippen LogP contribution in [-0.4, -0.2) is 33.9 Å². The van der Waals surface area contributed by atoms with Gasteiger partial charge in [0.2, 0.25) is 0 Å². The summed E-state index contributed by atoms with van der Waals surface area (Å²) in [6.07, 6.45) is 1.67. The molecule has 4 nitrogen and oxygen atoms in total. The van der Waals surface area contributed by atoms with E-state index in [1.807, 2.05) is 27.7 Å². The molecule has 0 saturated carbocycles. The highest BCUT2D eigenvalue weighted by molar-refractivity contribution is 6.24. The van der Waals surface area contributed by atoms with E-state index in [-0.39, 0.29) is 11.4 Å². The smallest absolute Gasteiger partial charge is 0.344 e. The summed E-state index contributed by atoms with van der Waals surface area (Å²) in [6.45, 7) is 12.1. The lowest BCUT2D eigenvalue weighted by molar-refractivity contribution is -0.131. The number of carbonyl (C=O) groups excluding carboxylic acids is 1. The second kappa shape index (κ2) is 5.47. The maximum Gasteiger partial charge on any atom is 0.344 e. The van der Waals surface area contributed by atoms with Gasteiger partial charge in [0, 0.05) is 12.1 Å². The van der Waals surface area contributed by atoms with Gasteiger partial charge in [-0.3, -0.25) is 4.79 Å². The molecule has 0 aromatic carbocycles. The second-order valence-electron chi connectivity index (χ2n) is 4.61. The Morgan fingerprint density at radius 1 is 1.53 bits per heavy atom. The Balaban J connectivity index is 4.66. The van der Waals surface area contributed by atoms with E-state index in [9.17, 15) is 4.79 Å². The minimum Gasteiger partial charge on any atom is -0.361 e. The van der Waals surface area contributed by atoms with Crippen molar-refractivity contribution < 1.29 is 9.58 Å². The summed E-state index contributed by atoms with van der Waals surface area (Å²) in [5.74, 6) is -0.286. The van der Waals surface area contributed by atoms with Crippen LogP contribution in [0.25, 0.3) is 5.53 Å². The molecule has 0 aliphatic heterocycles. The molecule has 0 unspecified atom stereocenters. The van der Waals surface area contributed by atoms with Crippen molar-refractivity contribution in [2.24, 2.45) is 0 Å². The molecule has 1 amide bonds. The SMILES string of the molecule is C=C(C)CCN(C(=O)C=[N+]=[N-])C(C)(C)C. The predicted molar refractivity (Wildman–Crippen MR) is 60.6 cm³/mol. The Bertz CT molecular complexity index is 295. The zero-order chi connectivity index (χ0) is 12.1. The average molecular weight is 209 g/mol. The highest BCUT2D eigenvalue weighted by Gasteiger charge is 2.26. The van der Waals surface area contributed by atoms with E-state index in [2.05, 4.69) is 11.4 Å². The first-order valence-corrected chi connectivity index (χ1v) is 4.92. The molecule has 0 spiro atoms. The maximum atomic E-state index is 11.6. The van der Waals surface area contributed by atoms with Gasteiger partial charge in [-0.2, -0.15) is 4.79 Å². The Morgan fingerprint density at radius 2 is 2.07 bits per heavy atom. The van der Waals surface area contributed by atoms with Crippen molar-refractivity contribution in [1.29, 1.82) is 0 Å². The third-order valence-corrected chi connectivity index (χ3v) is 2.01. The lowest BCUT2D eigenvalue weighted by Crippen LogP contribution is -2.46. The molecular formula is C11H19N3O. The summed E-state index contributed by atoms with van der Waals surface area (Å²) in [7, 11) is 0. The fourth-order valence-corrected chi connectivity index (χ4v) is 1.20. The standard InChI is InChI=1S/C11H19N3O/c1-9(2)6-7-14(11(3,4)5)10(15)8-13-12/h8H,1,6-7H2,2-5H3. The molecule has 0 heterocycles. The summed E-state index contributed by atoms with van der Waals surface area (Å²) < 4.78 is 0. The van der Waals surface area contributed by atoms with Crippen molar-refractivity contribution in [2.75, 3.05) is 6.54 Å². The molecule has 0 aliphatic carbocycles. The minimum absolute atomic E-state index is 0.284. The first-order valence-electron chi connectivity index (χ1n) is 4.92. The topological polar surface area (TPSA) is 56.7 Å². The fraction of sp³-hybridized carbons (Fsp3) is 0.636. The zero-order valence-corrected chi connectivity index (χ0v) is 9.95. The predicted octanol–water partition coefficient (Wildman–Crippen LogP) is 1.88. The molecule has 15 heavy (non-hydrogen) atoms. The van der Waals surface area contributed by atoms with E-state index in [0.717, 1.165) is 18.2 Å². The monoisotopic (exact) mass is 209 g/mol. The summed E-state index contributed by atoms with van der Waals surface area (Å²) in [4.78, 5) is 16.0. The Kier molecular flexibility index (Phi) is 4.95. The number of rotatable bonds is 4. The van der Waals surface area contributed by atoms with Gasteiger partial charge >= 0.3 is 12.1 Å². The Labute approximate surface area is 91.2 Å². The van der Waals surface area contributed by atoms with Gasteiger partial charge in [0.15, 0.2) is 0 Å². The maximum absolute atomic E-state index is 11.6. The van der Waals surface area contributed by atoms with Gasteiger partial charge < -0.3 is 10.4 Å². The lowest BCUT2D eigenvalue weighted by atomic mass is 10.0. The Morgan fingerprint density at radius 3 is 2.40 bits per heavy atom. The third-order valence-electron chi connectivity index (χ3n) is 2.01. The van der Waals surface area contributed by atoms with Gasteiger partial charge in [-0.1, -0.05) is 5.57 Å². The van der Waals surface area contributed by atoms with Crippen LogP contribution in [0.5, 0.6) is 0 Å². The van der Waals surface area contributed by atoms with E-state index >= 15 is 0 Å². The van der Waals surface area contributed by atoms with E-state index < -0.39 is 0 Å². The third kappa shape index (κ3) is 5.13. The zero-order valence-electron chi connectivity index (χ0n) is 9.95. The molecule has 0 saturated heterocycles. The van der Waals surface area contributed by atoms with Gasteiger partial charge in [-0.15, -0.1) is 6.58 Å². The van der Waals surface area contributed by atoms with Gasteiger partial charge in [-0.25, -0.2) is 0 Å². The molecule has 4 heteroatoms. The highest BCUT2D eigenvalue weighted by Crippen LogP contribution is 2.14. The molecule has 84 valence electrons. The van der Waals surface area contributed by atoms with Crippen LogP contribution in [0.4, 0.5) is 0 Å². The summed E-state index contributed by atoms with van der Waals surface area (Å²) >= 11 is 0. The molecule has 0 fully saturated rings. The van der Waals surface area contributed by atoms with Gasteiger partial charge in [0.25, 0.3) is 0 Å². The number of carbonyl (C=O) groups is 1. The lowest BCUT2D eigenvalue weighted by Gasteiger charge is -2.33. The number of hydrogen-bond acceptors (Lipinski definition) is 1. The van der Waals surface area contributed by atoms with Crippen LogP contribution in [0.15, 0.2) is 12.2 Å². The molecule has 0 N–H and O–H groups in total. The average Bonchev–Trinajstić information content (AvgIpc) is 2.01. The van der Waals surface area contributed by atoms with Crippen molar-refractivity contribution in [3.63, 3.8) is 0 Å². The molecule has 0 bridgehead atoms. The summed E-state index contributed by atoms with van der Waals surface area (Å²) in [5, 5.41) is 0. The van der Waals surface area contributed by atoms with Crippen molar-refractivity contribution in [3.8, 4) is 0 Å². The van der Waals surface area contributed by atoms with Crippen LogP contribution >= 0.6 is 0 Å².